The van der Waals surface area contributed by atoms with E-state index in [1.54, 1.807) is 6.07 Å². The van der Waals surface area contributed by atoms with Crippen LogP contribution < -0.4 is 5.32 Å². The number of nitrogens with one attached hydrogen (secondary N) is 1. The summed E-state index contributed by atoms with van der Waals surface area (Å²) in [5.74, 6) is -0.227. The minimum absolute atomic E-state index is 0.227. The highest BCUT2D eigenvalue weighted by Crippen LogP contribution is 2.15. The van der Waals surface area contributed by atoms with Crippen LogP contribution in [-0.2, 0) is 0 Å². The van der Waals surface area contributed by atoms with E-state index in [0.29, 0.717) is 18.5 Å². The Balaban J connectivity index is 1.83. The largest absolute Gasteiger partial charge is 0.388 e. The number of aromatic nitrogens is 1. The summed E-state index contributed by atoms with van der Waals surface area (Å²) in [6.07, 6.45) is 1.35. The fourth-order valence-corrected chi connectivity index (χ4v) is 1.98. The van der Waals surface area contributed by atoms with E-state index < -0.39 is 6.10 Å². The van der Waals surface area contributed by atoms with Gasteiger partial charge in [-0.2, -0.15) is 0 Å². The Morgan fingerprint density at radius 1 is 1.30 bits per heavy atom. The van der Waals surface area contributed by atoms with Gasteiger partial charge in [0.1, 0.15) is 5.15 Å². The van der Waals surface area contributed by atoms with Crippen LogP contribution in [0, 0.1) is 0 Å². The molecule has 0 aliphatic carbocycles. The molecule has 20 heavy (non-hydrogen) atoms. The molecule has 0 spiro atoms. The van der Waals surface area contributed by atoms with Crippen molar-refractivity contribution < 1.29 is 9.90 Å². The van der Waals surface area contributed by atoms with Crippen molar-refractivity contribution in [3.8, 4) is 0 Å². The summed E-state index contributed by atoms with van der Waals surface area (Å²) < 4.78 is 0. The maximum atomic E-state index is 11.8. The third kappa shape index (κ3) is 4.05. The molecule has 5 heteroatoms. The van der Waals surface area contributed by atoms with Crippen molar-refractivity contribution in [3.63, 3.8) is 0 Å². The van der Waals surface area contributed by atoms with E-state index in [1.807, 2.05) is 30.3 Å². The Hall–Kier alpha value is -1.91. The smallest absolute Gasteiger partial charge is 0.251 e. The van der Waals surface area contributed by atoms with E-state index in [9.17, 15) is 9.90 Å². The predicted molar refractivity (Wildman–Crippen MR) is 77.6 cm³/mol. The molecule has 0 fully saturated rings. The topological polar surface area (TPSA) is 62.2 Å². The Labute approximate surface area is 122 Å². The van der Waals surface area contributed by atoms with Crippen molar-refractivity contribution in [2.24, 2.45) is 0 Å². The fourth-order valence-electron chi connectivity index (χ4n) is 1.81. The van der Waals surface area contributed by atoms with Crippen LogP contribution in [0.2, 0.25) is 5.15 Å². The molecule has 1 atom stereocenters. The number of aliphatic hydroxyl groups is 1. The van der Waals surface area contributed by atoms with Crippen LogP contribution in [0.25, 0.3) is 0 Å². The summed E-state index contributed by atoms with van der Waals surface area (Å²) in [6, 6.07) is 12.4. The molecule has 0 aliphatic heterocycles. The number of benzene rings is 1. The zero-order chi connectivity index (χ0) is 14.4. The predicted octanol–water partition coefficient (Wildman–Crippen LogP) is 2.59. The Kier molecular flexibility index (Phi) is 5.09. The summed E-state index contributed by atoms with van der Waals surface area (Å²) in [6.45, 7) is 0.384. The summed E-state index contributed by atoms with van der Waals surface area (Å²) in [5, 5.41) is 13.0. The van der Waals surface area contributed by atoms with E-state index in [1.165, 1.54) is 12.3 Å². The number of nitrogens with zero attached hydrogens (tertiary/aromatic N) is 1. The van der Waals surface area contributed by atoms with Crippen LogP contribution in [0.3, 0.4) is 0 Å². The number of carbonyl (C=O) groups is 1. The molecule has 2 aromatic rings. The van der Waals surface area contributed by atoms with Crippen molar-refractivity contribution in [2.45, 2.75) is 12.5 Å². The van der Waals surface area contributed by atoms with Crippen molar-refractivity contribution in [1.82, 2.24) is 10.3 Å². The molecular formula is C15H15ClN2O2. The number of carbonyl (C=O) groups excluding carboxylic acids is 1. The van der Waals surface area contributed by atoms with Gasteiger partial charge in [0.15, 0.2) is 0 Å². The van der Waals surface area contributed by atoms with Crippen molar-refractivity contribution in [1.29, 1.82) is 0 Å². The summed E-state index contributed by atoms with van der Waals surface area (Å²) in [7, 11) is 0. The third-order valence-electron chi connectivity index (χ3n) is 2.88. The van der Waals surface area contributed by atoms with Crippen LogP contribution in [0.4, 0.5) is 0 Å². The van der Waals surface area contributed by atoms with E-state index >= 15 is 0 Å². The zero-order valence-electron chi connectivity index (χ0n) is 10.8. The normalized spacial score (nSPS) is 11.9. The van der Waals surface area contributed by atoms with Gasteiger partial charge in [-0.05, 0) is 24.1 Å². The molecule has 0 aliphatic rings. The molecule has 0 radical (unpaired) electrons. The highest BCUT2D eigenvalue weighted by molar-refractivity contribution is 6.29. The Morgan fingerprint density at radius 3 is 2.75 bits per heavy atom. The first-order chi connectivity index (χ1) is 9.66. The molecule has 0 saturated heterocycles. The highest BCUT2D eigenvalue weighted by Gasteiger charge is 2.09. The molecule has 1 unspecified atom stereocenters. The van der Waals surface area contributed by atoms with Crippen LogP contribution in [0.15, 0.2) is 48.7 Å². The van der Waals surface area contributed by atoms with Crippen molar-refractivity contribution in [2.75, 3.05) is 6.54 Å². The lowest BCUT2D eigenvalue weighted by Gasteiger charge is -2.11. The quantitative estimate of drug-likeness (QED) is 0.832. The van der Waals surface area contributed by atoms with Gasteiger partial charge in [-0.1, -0.05) is 41.9 Å². The lowest BCUT2D eigenvalue weighted by molar-refractivity contribution is 0.0942. The average molecular weight is 291 g/mol. The van der Waals surface area contributed by atoms with Crippen LogP contribution >= 0.6 is 11.6 Å². The molecule has 4 nitrogen and oxygen atoms in total. The van der Waals surface area contributed by atoms with Gasteiger partial charge >= 0.3 is 0 Å². The average Bonchev–Trinajstić information content (AvgIpc) is 2.48. The van der Waals surface area contributed by atoms with Crippen molar-refractivity contribution >= 4 is 17.5 Å². The zero-order valence-corrected chi connectivity index (χ0v) is 11.5. The first-order valence-corrected chi connectivity index (χ1v) is 6.67. The molecule has 1 amide bonds. The number of halogens is 1. The van der Waals surface area contributed by atoms with Gasteiger partial charge in [0.05, 0.1) is 6.10 Å². The van der Waals surface area contributed by atoms with Gasteiger partial charge in [-0.15, -0.1) is 0 Å². The standard InChI is InChI=1S/C15H15ClN2O2/c16-14-10-12(6-8-17-14)15(20)18-9-7-13(19)11-4-2-1-3-5-11/h1-6,8,10,13,19H,7,9H2,(H,18,20). The SMILES string of the molecule is O=C(NCCC(O)c1ccccc1)c1ccnc(Cl)c1. The highest BCUT2D eigenvalue weighted by atomic mass is 35.5. The molecule has 2 N–H and O–H groups in total. The molecular weight excluding hydrogens is 276 g/mol. The van der Waals surface area contributed by atoms with Gasteiger partial charge < -0.3 is 10.4 Å². The molecule has 0 saturated carbocycles. The van der Waals surface area contributed by atoms with Gasteiger partial charge in [-0.3, -0.25) is 4.79 Å². The van der Waals surface area contributed by atoms with Gasteiger partial charge in [0.25, 0.3) is 5.91 Å². The molecule has 1 aromatic heterocycles. The first-order valence-electron chi connectivity index (χ1n) is 6.29. The maximum absolute atomic E-state index is 11.8. The minimum Gasteiger partial charge on any atom is -0.388 e. The summed E-state index contributed by atoms with van der Waals surface area (Å²) in [5.41, 5.74) is 1.30. The molecule has 0 bridgehead atoms. The maximum Gasteiger partial charge on any atom is 0.251 e. The van der Waals surface area contributed by atoms with E-state index in [2.05, 4.69) is 10.3 Å². The Bertz CT molecular complexity index is 575. The Morgan fingerprint density at radius 2 is 2.05 bits per heavy atom. The van der Waals surface area contributed by atoms with E-state index in [4.69, 9.17) is 11.6 Å². The number of hydrogen-bond donors (Lipinski definition) is 2. The van der Waals surface area contributed by atoms with Crippen LogP contribution in [0.5, 0.6) is 0 Å². The lowest BCUT2D eigenvalue weighted by atomic mass is 10.1. The second-order valence-electron chi connectivity index (χ2n) is 4.34. The molecule has 1 heterocycles. The number of hydrogen-bond acceptors (Lipinski definition) is 3. The van der Waals surface area contributed by atoms with Crippen LogP contribution in [0.1, 0.15) is 28.4 Å². The van der Waals surface area contributed by atoms with E-state index in [0.717, 1.165) is 5.56 Å². The molecule has 104 valence electrons. The fraction of sp³-hybridized carbons (Fsp3) is 0.200. The third-order valence-corrected chi connectivity index (χ3v) is 3.08. The minimum atomic E-state index is -0.586. The number of pyridine rings is 1. The van der Waals surface area contributed by atoms with Gasteiger partial charge in [-0.25, -0.2) is 4.98 Å². The lowest BCUT2D eigenvalue weighted by Crippen LogP contribution is -2.25. The second kappa shape index (κ2) is 7.03. The van der Waals surface area contributed by atoms with Gasteiger partial charge in [0.2, 0.25) is 0 Å². The summed E-state index contributed by atoms with van der Waals surface area (Å²) >= 11 is 5.72. The van der Waals surface area contributed by atoms with Gasteiger partial charge in [0, 0.05) is 18.3 Å². The monoisotopic (exact) mass is 290 g/mol. The first kappa shape index (κ1) is 14.5. The molecule has 1 aromatic carbocycles. The molecule has 2 rings (SSSR count). The van der Waals surface area contributed by atoms with Crippen LogP contribution in [-0.4, -0.2) is 22.5 Å². The van der Waals surface area contributed by atoms with Crippen molar-refractivity contribution in [3.05, 3.63) is 64.9 Å². The van der Waals surface area contributed by atoms with E-state index in [-0.39, 0.29) is 11.1 Å². The number of rotatable bonds is 5. The number of aliphatic hydroxyl groups excluding tert-OH is 1. The second-order valence-corrected chi connectivity index (χ2v) is 4.73. The number of amides is 1. The summed E-state index contributed by atoms with van der Waals surface area (Å²) in [4.78, 5) is 15.7.